The van der Waals surface area contributed by atoms with Crippen LogP contribution in [-0.4, -0.2) is 59.9 Å². The number of aromatic amines is 1. The van der Waals surface area contributed by atoms with Crippen LogP contribution in [0, 0.1) is 6.92 Å². The van der Waals surface area contributed by atoms with Gasteiger partial charge < -0.3 is 19.8 Å². The molecule has 1 fully saturated rings. The smallest absolute Gasteiger partial charge is 0.394 e. The normalized spacial score (nSPS) is 22.7. The van der Waals surface area contributed by atoms with Gasteiger partial charge in [-0.05, 0) is 25.1 Å². The zero-order chi connectivity index (χ0) is 25.2. The molecule has 4 N–H and O–H groups in total. The van der Waals surface area contributed by atoms with Gasteiger partial charge in [-0.25, -0.2) is 14.0 Å². The van der Waals surface area contributed by atoms with Crippen LogP contribution in [0.2, 0.25) is 0 Å². The number of phosphoric acid groups is 1. The van der Waals surface area contributed by atoms with Crippen molar-refractivity contribution in [3.63, 3.8) is 0 Å². The van der Waals surface area contributed by atoms with Gasteiger partial charge in [0.15, 0.2) is 0 Å². The van der Waals surface area contributed by atoms with Gasteiger partial charge in [0.1, 0.15) is 24.5 Å². The lowest BCUT2D eigenvalue weighted by Gasteiger charge is -2.20. The molecule has 35 heavy (non-hydrogen) atoms. The Bertz CT molecular complexity index is 1320. The molecule has 0 bridgehead atoms. The highest BCUT2D eigenvalue weighted by molar-refractivity contribution is 7.47. The van der Waals surface area contributed by atoms with E-state index >= 15 is 0 Å². The molecule has 14 heteroatoms. The van der Waals surface area contributed by atoms with Crippen molar-refractivity contribution < 1.29 is 33.5 Å². The maximum absolute atomic E-state index is 12.5. The van der Waals surface area contributed by atoms with Gasteiger partial charge in [-0.2, -0.15) is 5.10 Å². The first-order valence-corrected chi connectivity index (χ1v) is 12.2. The minimum atomic E-state index is -4.70. The summed E-state index contributed by atoms with van der Waals surface area (Å²) in [5, 5.41) is 24.2. The van der Waals surface area contributed by atoms with E-state index in [1.165, 1.54) is 17.8 Å². The number of phosphoric ester groups is 1. The Balaban J connectivity index is 1.38. The molecule has 0 radical (unpaired) electrons. The zero-order valence-electron chi connectivity index (χ0n) is 18.6. The van der Waals surface area contributed by atoms with Gasteiger partial charge in [-0.15, -0.1) is 0 Å². The van der Waals surface area contributed by atoms with Crippen molar-refractivity contribution in [3.05, 3.63) is 80.9 Å². The number of para-hydroxylation sites is 1. The summed E-state index contributed by atoms with van der Waals surface area (Å²) < 4.78 is 30.9. The second kappa shape index (κ2) is 10.4. The van der Waals surface area contributed by atoms with E-state index in [1.807, 2.05) is 30.3 Å². The molecule has 188 valence electrons. The largest absolute Gasteiger partial charge is 0.472 e. The van der Waals surface area contributed by atoms with Crippen LogP contribution in [0.4, 0.5) is 0 Å². The predicted molar refractivity (Wildman–Crippen MR) is 121 cm³/mol. The van der Waals surface area contributed by atoms with E-state index in [-0.39, 0.29) is 17.7 Å². The maximum Gasteiger partial charge on any atom is 0.472 e. The van der Waals surface area contributed by atoms with Gasteiger partial charge >= 0.3 is 13.5 Å². The minimum Gasteiger partial charge on any atom is -0.394 e. The highest BCUT2D eigenvalue weighted by atomic mass is 31.2. The number of hydrogen-bond donors (Lipinski definition) is 4. The SMILES string of the molecule is Cc1cn([C@H]2C[C@H](OP(=O)(O)OCC(O)c3ccn(-c4ccccc4)n3)[C@@H](CO)O2)c(=O)[nH]c1=O. The molecule has 5 atom stereocenters. The van der Waals surface area contributed by atoms with E-state index in [9.17, 15) is 29.3 Å². The molecule has 1 saturated heterocycles. The lowest BCUT2D eigenvalue weighted by Crippen LogP contribution is -2.33. The number of H-pyrrole nitrogens is 1. The molecule has 1 aromatic carbocycles. The number of nitrogens with zero attached hydrogens (tertiary/aromatic N) is 3. The lowest BCUT2D eigenvalue weighted by atomic mass is 10.2. The first-order chi connectivity index (χ1) is 16.7. The number of aromatic nitrogens is 4. The van der Waals surface area contributed by atoms with Crippen LogP contribution in [0.5, 0.6) is 0 Å². The Kier molecular flexibility index (Phi) is 7.47. The summed E-state index contributed by atoms with van der Waals surface area (Å²) in [5.41, 5.74) is -0.0246. The third-order valence-electron chi connectivity index (χ3n) is 5.45. The number of ether oxygens (including phenoxy) is 1. The molecule has 2 unspecified atom stereocenters. The van der Waals surface area contributed by atoms with E-state index in [0.717, 1.165) is 10.3 Å². The maximum atomic E-state index is 12.5. The van der Waals surface area contributed by atoms with Gasteiger partial charge in [-0.3, -0.25) is 23.4 Å². The number of aryl methyl sites for hydroxylation is 1. The first kappa shape index (κ1) is 25.2. The molecule has 0 amide bonds. The number of rotatable bonds is 9. The van der Waals surface area contributed by atoms with Crippen molar-refractivity contribution in [2.45, 2.75) is 37.9 Å². The summed E-state index contributed by atoms with van der Waals surface area (Å²) in [5.74, 6) is 0. The standard InChI is InChI=1S/C21H25N4O9P/c1-13-10-24(21(29)22-20(13)28)19-9-17(18(11-26)33-19)34-35(30,31)32-12-16(27)15-7-8-25(23-15)14-5-3-2-4-6-14/h2-8,10,16-19,26-27H,9,11-12H2,1H3,(H,30,31)(H,22,28,29)/t16?,17-,18+,19+/m0/s1. The van der Waals surface area contributed by atoms with Gasteiger partial charge in [0.05, 0.1) is 24.6 Å². The molecule has 0 spiro atoms. The topological polar surface area (TPSA) is 178 Å². The molecule has 1 aliphatic rings. The molecule has 13 nitrogen and oxygen atoms in total. The number of aliphatic hydroxyl groups excluding tert-OH is 2. The van der Waals surface area contributed by atoms with E-state index in [4.69, 9.17) is 13.8 Å². The number of aliphatic hydroxyl groups is 2. The quantitative estimate of drug-likeness (QED) is 0.298. The first-order valence-electron chi connectivity index (χ1n) is 10.7. The van der Waals surface area contributed by atoms with Crippen LogP contribution in [0.15, 0.2) is 58.4 Å². The Hall–Kier alpha value is -2.90. The highest BCUT2D eigenvalue weighted by Gasteiger charge is 2.42. The average Bonchev–Trinajstić information content (AvgIpc) is 3.48. The fraction of sp³-hybridized carbons (Fsp3) is 0.381. The zero-order valence-corrected chi connectivity index (χ0v) is 19.5. The molecule has 3 heterocycles. The number of hydrogen-bond acceptors (Lipinski definition) is 9. The molecular formula is C21H25N4O9P. The second-order valence-corrected chi connectivity index (χ2v) is 9.38. The summed E-state index contributed by atoms with van der Waals surface area (Å²) in [7, 11) is -4.70. The Labute approximate surface area is 198 Å². The van der Waals surface area contributed by atoms with Crippen molar-refractivity contribution in [2.75, 3.05) is 13.2 Å². The molecule has 0 saturated carbocycles. The van der Waals surface area contributed by atoms with Crippen LogP contribution >= 0.6 is 7.82 Å². The van der Waals surface area contributed by atoms with Crippen molar-refractivity contribution >= 4 is 7.82 Å². The van der Waals surface area contributed by atoms with Crippen molar-refractivity contribution in [2.24, 2.45) is 0 Å². The van der Waals surface area contributed by atoms with E-state index in [0.29, 0.717) is 0 Å². The Morgan fingerprint density at radius 2 is 2.03 bits per heavy atom. The van der Waals surface area contributed by atoms with Gasteiger partial charge in [0.25, 0.3) is 5.56 Å². The molecular weight excluding hydrogens is 483 g/mol. The van der Waals surface area contributed by atoms with E-state index in [1.54, 1.807) is 12.3 Å². The monoisotopic (exact) mass is 508 g/mol. The van der Waals surface area contributed by atoms with E-state index in [2.05, 4.69) is 10.1 Å². The third-order valence-corrected chi connectivity index (χ3v) is 6.47. The fourth-order valence-electron chi connectivity index (χ4n) is 3.64. The highest BCUT2D eigenvalue weighted by Crippen LogP contribution is 2.48. The van der Waals surface area contributed by atoms with Crippen LogP contribution in [0.1, 0.15) is 30.0 Å². The van der Waals surface area contributed by atoms with Gasteiger partial charge in [0.2, 0.25) is 0 Å². The summed E-state index contributed by atoms with van der Waals surface area (Å²) >= 11 is 0. The van der Waals surface area contributed by atoms with Crippen LogP contribution in [0.3, 0.4) is 0 Å². The summed E-state index contributed by atoms with van der Waals surface area (Å²) in [6.45, 7) is 0.363. The molecule has 2 aromatic heterocycles. The summed E-state index contributed by atoms with van der Waals surface area (Å²) in [6, 6.07) is 10.7. The fourth-order valence-corrected chi connectivity index (χ4v) is 4.59. The summed E-state index contributed by atoms with van der Waals surface area (Å²) in [6.07, 6.45) is -1.55. The summed E-state index contributed by atoms with van der Waals surface area (Å²) in [4.78, 5) is 36.1. The lowest BCUT2D eigenvalue weighted by molar-refractivity contribution is -0.0474. The Morgan fingerprint density at radius 1 is 1.29 bits per heavy atom. The molecule has 4 rings (SSSR count). The third kappa shape index (κ3) is 5.85. The number of benzene rings is 1. The van der Waals surface area contributed by atoms with Crippen LogP contribution in [0.25, 0.3) is 5.69 Å². The molecule has 3 aromatic rings. The van der Waals surface area contributed by atoms with Gasteiger partial charge in [-0.1, -0.05) is 18.2 Å². The predicted octanol–water partition coefficient (Wildman–Crippen LogP) is 0.546. The van der Waals surface area contributed by atoms with Crippen LogP contribution < -0.4 is 11.2 Å². The van der Waals surface area contributed by atoms with Gasteiger partial charge in [0, 0.05) is 24.4 Å². The van der Waals surface area contributed by atoms with E-state index < -0.39 is 56.8 Å². The molecule has 0 aliphatic carbocycles. The average molecular weight is 508 g/mol. The molecule has 1 aliphatic heterocycles. The number of nitrogens with one attached hydrogen (secondary N) is 1. The van der Waals surface area contributed by atoms with Crippen molar-refractivity contribution in [1.29, 1.82) is 0 Å². The van der Waals surface area contributed by atoms with Crippen LogP contribution in [-0.2, 0) is 18.3 Å². The second-order valence-electron chi connectivity index (χ2n) is 7.97. The Morgan fingerprint density at radius 3 is 2.74 bits per heavy atom. The van der Waals surface area contributed by atoms with Crippen molar-refractivity contribution in [3.8, 4) is 5.69 Å². The minimum absolute atomic E-state index is 0.0748. The van der Waals surface area contributed by atoms with Crippen molar-refractivity contribution in [1.82, 2.24) is 19.3 Å².